The summed E-state index contributed by atoms with van der Waals surface area (Å²) in [6.07, 6.45) is 0.358. The number of H-pyrrole nitrogens is 1. The minimum Gasteiger partial charge on any atom is -0.493 e. The van der Waals surface area contributed by atoms with Gasteiger partial charge < -0.3 is 10.5 Å². The monoisotopic (exact) mass is 416 g/mol. The maximum Gasteiger partial charge on any atom is 0.335 e. The van der Waals surface area contributed by atoms with Crippen molar-refractivity contribution in [2.75, 3.05) is 0 Å². The first-order valence-electron chi connectivity index (χ1n) is 8.36. The van der Waals surface area contributed by atoms with E-state index in [-0.39, 0.29) is 11.6 Å². The molecule has 28 heavy (non-hydrogen) atoms. The SMILES string of the molecule is O=c1[nH]c(=O)n(-c2ccc(Cl)cc2)c(O)c1C1=NN[C@H](c2ccc(Cl)cc2)C1. The lowest BCUT2D eigenvalue weighted by Crippen LogP contribution is -2.33. The molecule has 1 aliphatic heterocycles. The highest BCUT2D eigenvalue weighted by atomic mass is 35.5. The van der Waals surface area contributed by atoms with Crippen molar-refractivity contribution in [1.29, 1.82) is 0 Å². The van der Waals surface area contributed by atoms with Gasteiger partial charge in [-0.3, -0.25) is 9.78 Å². The summed E-state index contributed by atoms with van der Waals surface area (Å²) in [5.41, 5.74) is 3.09. The van der Waals surface area contributed by atoms with Gasteiger partial charge in [0.05, 0.1) is 17.4 Å². The highest BCUT2D eigenvalue weighted by Crippen LogP contribution is 2.27. The van der Waals surface area contributed by atoms with Crippen molar-refractivity contribution in [2.45, 2.75) is 12.5 Å². The quantitative estimate of drug-likeness (QED) is 0.610. The largest absolute Gasteiger partial charge is 0.493 e. The van der Waals surface area contributed by atoms with Crippen LogP contribution in [0, 0.1) is 0 Å². The molecule has 0 radical (unpaired) electrons. The van der Waals surface area contributed by atoms with Gasteiger partial charge in [0.1, 0.15) is 5.56 Å². The zero-order chi connectivity index (χ0) is 19.8. The number of hydrazone groups is 1. The molecule has 0 fully saturated rings. The average molecular weight is 417 g/mol. The van der Waals surface area contributed by atoms with Gasteiger partial charge in [-0.05, 0) is 42.0 Å². The maximum atomic E-state index is 12.4. The molecule has 3 N–H and O–H groups in total. The Hall–Kier alpha value is -3.03. The molecular formula is C19H14Cl2N4O3. The van der Waals surface area contributed by atoms with Crippen LogP contribution < -0.4 is 16.7 Å². The Morgan fingerprint density at radius 2 is 1.61 bits per heavy atom. The van der Waals surface area contributed by atoms with Crippen molar-refractivity contribution in [1.82, 2.24) is 15.0 Å². The molecule has 142 valence electrons. The first kappa shape index (κ1) is 18.3. The van der Waals surface area contributed by atoms with Crippen LogP contribution in [0.25, 0.3) is 5.69 Å². The molecule has 7 nitrogen and oxygen atoms in total. The molecule has 0 aliphatic carbocycles. The van der Waals surface area contributed by atoms with E-state index in [1.165, 1.54) is 0 Å². The summed E-state index contributed by atoms with van der Waals surface area (Å²) < 4.78 is 1.01. The van der Waals surface area contributed by atoms with Crippen LogP contribution in [-0.2, 0) is 0 Å². The second-order valence-electron chi connectivity index (χ2n) is 6.27. The number of halogens is 2. The number of aromatic nitrogens is 2. The molecule has 2 heterocycles. The van der Waals surface area contributed by atoms with Gasteiger partial charge in [-0.15, -0.1) is 0 Å². The Morgan fingerprint density at radius 3 is 2.25 bits per heavy atom. The number of hydrogen-bond acceptors (Lipinski definition) is 5. The van der Waals surface area contributed by atoms with E-state index >= 15 is 0 Å². The second-order valence-corrected chi connectivity index (χ2v) is 7.14. The van der Waals surface area contributed by atoms with Crippen LogP contribution in [0.3, 0.4) is 0 Å². The van der Waals surface area contributed by atoms with Crippen molar-refractivity contribution < 1.29 is 5.11 Å². The molecule has 1 aromatic heterocycles. The smallest absolute Gasteiger partial charge is 0.335 e. The Kier molecular flexibility index (Phi) is 4.70. The topological polar surface area (TPSA) is 99.5 Å². The predicted molar refractivity (Wildman–Crippen MR) is 108 cm³/mol. The van der Waals surface area contributed by atoms with E-state index in [4.69, 9.17) is 23.2 Å². The third-order valence-electron chi connectivity index (χ3n) is 4.48. The zero-order valence-corrected chi connectivity index (χ0v) is 15.8. The number of benzene rings is 2. The molecule has 1 aliphatic rings. The van der Waals surface area contributed by atoms with E-state index in [9.17, 15) is 14.7 Å². The summed E-state index contributed by atoms with van der Waals surface area (Å²) in [5.74, 6) is -0.478. The minimum absolute atomic E-state index is 0.0569. The lowest BCUT2D eigenvalue weighted by atomic mass is 10.00. The lowest BCUT2D eigenvalue weighted by Gasteiger charge is -2.12. The number of aromatic amines is 1. The number of rotatable bonds is 3. The first-order valence-corrected chi connectivity index (χ1v) is 9.12. The van der Waals surface area contributed by atoms with Gasteiger partial charge in [0.15, 0.2) is 0 Å². The molecule has 9 heteroatoms. The molecule has 0 bridgehead atoms. The number of hydrogen-bond donors (Lipinski definition) is 3. The molecule has 0 amide bonds. The van der Waals surface area contributed by atoms with Gasteiger partial charge in [-0.1, -0.05) is 35.3 Å². The van der Waals surface area contributed by atoms with Gasteiger partial charge in [0.2, 0.25) is 5.88 Å². The minimum atomic E-state index is -0.755. The van der Waals surface area contributed by atoms with Crippen LogP contribution in [0.4, 0.5) is 0 Å². The fourth-order valence-corrected chi connectivity index (χ4v) is 3.35. The third-order valence-corrected chi connectivity index (χ3v) is 4.99. The molecular weight excluding hydrogens is 403 g/mol. The summed E-state index contributed by atoms with van der Waals surface area (Å²) in [4.78, 5) is 26.9. The van der Waals surface area contributed by atoms with Crippen LogP contribution in [-0.4, -0.2) is 20.4 Å². The summed E-state index contributed by atoms with van der Waals surface area (Å²) in [5, 5.41) is 16.0. The summed E-state index contributed by atoms with van der Waals surface area (Å²) in [7, 11) is 0. The van der Waals surface area contributed by atoms with Crippen LogP contribution in [0.2, 0.25) is 10.0 Å². The fraction of sp³-hybridized carbons (Fsp3) is 0.105. The lowest BCUT2D eigenvalue weighted by molar-refractivity contribution is 0.429. The van der Waals surface area contributed by atoms with E-state index in [1.807, 2.05) is 12.1 Å². The number of aromatic hydroxyl groups is 1. The van der Waals surface area contributed by atoms with Crippen LogP contribution in [0.15, 0.2) is 63.2 Å². The van der Waals surface area contributed by atoms with Crippen molar-refractivity contribution >= 4 is 28.9 Å². The van der Waals surface area contributed by atoms with Gasteiger partial charge in [0, 0.05) is 16.5 Å². The molecule has 0 unspecified atom stereocenters. The van der Waals surface area contributed by atoms with Crippen molar-refractivity contribution in [3.8, 4) is 11.6 Å². The Balaban J connectivity index is 1.73. The Morgan fingerprint density at radius 1 is 1.00 bits per heavy atom. The fourth-order valence-electron chi connectivity index (χ4n) is 3.10. The van der Waals surface area contributed by atoms with E-state index in [2.05, 4.69) is 15.5 Å². The van der Waals surface area contributed by atoms with Crippen molar-refractivity contribution in [3.05, 3.63) is 90.5 Å². The van der Waals surface area contributed by atoms with E-state index < -0.39 is 17.1 Å². The summed E-state index contributed by atoms with van der Waals surface area (Å²) in [6, 6.07) is 13.4. The zero-order valence-electron chi connectivity index (χ0n) is 14.3. The molecule has 1 atom stereocenters. The maximum absolute atomic E-state index is 12.4. The van der Waals surface area contributed by atoms with Crippen molar-refractivity contribution in [2.24, 2.45) is 5.10 Å². The average Bonchev–Trinajstić information content (AvgIpc) is 3.13. The van der Waals surface area contributed by atoms with E-state index in [0.29, 0.717) is 27.9 Å². The van der Waals surface area contributed by atoms with Crippen molar-refractivity contribution in [3.63, 3.8) is 0 Å². The molecule has 0 saturated heterocycles. The van der Waals surface area contributed by atoms with Gasteiger partial charge in [-0.25, -0.2) is 9.36 Å². The van der Waals surface area contributed by atoms with Gasteiger partial charge in [-0.2, -0.15) is 5.10 Å². The third kappa shape index (κ3) is 3.30. The normalized spacial score (nSPS) is 15.9. The van der Waals surface area contributed by atoms with Gasteiger partial charge >= 0.3 is 5.69 Å². The van der Waals surface area contributed by atoms with E-state index in [0.717, 1.165) is 10.1 Å². The highest BCUT2D eigenvalue weighted by molar-refractivity contribution is 6.30. The van der Waals surface area contributed by atoms with E-state index in [1.54, 1.807) is 36.4 Å². The number of nitrogens with zero attached hydrogens (tertiary/aromatic N) is 2. The van der Waals surface area contributed by atoms with Gasteiger partial charge in [0.25, 0.3) is 5.56 Å². The molecule has 4 rings (SSSR count). The highest BCUT2D eigenvalue weighted by Gasteiger charge is 2.27. The summed E-state index contributed by atoms with van der Waals surface area (Å²) in [6.45, 7) is 0. The molecule has 3 aromatic rings. The molecule has 0 saturated carbocycles. The predicted octanol–water partition coefficient (Wildman–Crippen LogP) is 2.98. The second kappa shape index (κ2) is 7.18. The first-order chi connectivity index (χ1) is 13.4. The molecule has 0 spiro atoms. The standard InChI is InChI=1S/C19H14Cl2N4O3/c20-11-3-1-10(2-4-11)14-9-15(24-23-14)16-17(26)22-19(28)25(18(16)27)13-7-5-12(21)6-8-13/h1-8,14,23,27H,9H2,(H,22,26,28)/t14-/m0/s1. The Bertz CT molecular complexity index is 1180. The van der Waals surface area contributed by atoms with Crippen LogP contribution in [0.1, 0.15) is 23.6 Å². The Labute approximate surface area is 168 Å². The summed E-state index contributed by atoms with van der Waals surface area (Å²) >= 11 is 11.8. The molecule has 2 aromatic carbocycles. The number of nitrogens with one attached hydrogen (secondary N) is 2. The van der Waals surface area contributed by atoms with Crippen LogP contribution in [0.5, 0.6) is 5.88 Å². The van der Waals surface area contributed by atoms with Crippen LogP contribution >= 0.6 is 23.2 Å².